The lowest BCUT2D eigenvalue weighted by molar-refractivity contribution is -0.115. The summed E-state index contributed by atoms with van der Waals surface area (Å²) in [7, 11) is 0. The number of hydrogen-bond acceptors (Lipinski definition) is 3. The first-order valence-corrected chi connectivity index (χ1v) is 8.86. The molecule has 1 aliphatic carbocycles. The molecular formula is C16H13Cl2NOS. The van der Waals surface area contributed by atoms with Crippen molar-refractivity contribution >= 4 is 46.5 Å². The third-order valence-corrected chi connectivity index (χ3v) is 6.46. The Balaban J connectivity index is 1.86. The monoisotopic (exact) mass is 337 g/mol. The molecule has 3 aliphatic rings. The summed E-state index contributed by atoms with van der Waals surface area (Å²) in [6.07, 6.45) is 2.40. The van der Waals surface area contributed by atoms with Gasteiger partial charge in [0, 0.05) is 29.3 Å². The normalized spacial score (nSPS) is 27.7. The molecule has 5 heteroatoms. The van der Waals surface area contributed by atoms with Gasteiger partial charge in [0.25, 0.3) is 0 Å². The Bertz CT molecular complexity index is 710. The van der Waals surface area contributed by atoms with Gasteiger partial charge in [0.1, 0.15) is 0 Å². The van der Waals surface area contributed by atoms with Crippen LogP contribution < -0.4 is 0 Å². The second-order valence-corrected chi connectivity index (χ2v) is 7.64. The van der Waals surface area contributed by atoms with Gasteiger partial charge < -0.3 is 0 Å². The lowest BCUT2D eigenvalue weighted by Gasteiger charge is -2.29. The minimum atomic E-state index is 0.0877. The molecular weight excluding hydrogens is 325 g/mol. The first-order valence-electron chi connectivity index (χ1n) is 7.05. The summed E-state index contributed by atoms with van der Waals surface area (Å²) in [6.45, 7) is 0. The van der Waals surface area contributed by atoms with Crippen molar-refractivity contribution in [3.05, 3.63) is 45.1 Å². The molecule has 2 atom stereocenters. The number of ketones is 1. The van der Waals surface area contributed by atoms with Gasteiger partial charge >= 0.3 is 0 Å². The minimum absolute atomic E-state index is 0.0877. The minimum Gasteiger partial charge on any atom is -0.294 e. The van der Waals surface area contributed by atoms with E-state index in [1.807, 2.05) is 30.0 Å². The zero-order chi connectivity index (χ0) is 14.6. The van der Waals surface area contributed by atoms with Crippen LogP contribution >= 0.6 is 35.0 Å². The molecule has 0 saturated carbocycles. The number of aliphatic imine (C=N–C) groups is 1. The predicted molar refractivity (Wildman–Crippen MR) is 88.8 cm³/mol. The van der Waals surface area contributed by atoms with E-state index >= 15 is 0 Å². The molecule has 2 unspecified atom stereocenters. The van der Waals surface area contributed by atoms with Crippen LogP contribution in [0.5, 0.6) is 0 Å². The smallest absolute Gasteiger partial charge is 0.161 e. The van der Waals surface area contributed by atoms with Crippen molar-refractivity contribution in [1.29, 1.82) is 0 Å². The van der Waals surface area contributed by atoms with Crippen molar-refractivity contribution in [1.82, 2.24) is 0 Å². The standard InChI is InChI=1S/C16H13Cl2NOS/c17-9-2-1-8(7-10(9)18)14-15-11(3-4-13(15)20)19-12-5-6-21-16(12)14/h1-2,7,14,16H,3-6H2. The van der Waals surface area contributed by atoms with E-state index in [4.69, 9.17) is 28.2 Å². The highest BCUT2D eigenvalue weighted by atomic mass is 35.5. The molecule has 2 aliphatic heterocycles. The second kappa shape index (κ2) is 5.15. The lowest BCUT2D eigenvalue weighted by atomic mass is 9.82. The van der Waals surface area contributed by atoms with E-state index in [0.29, 0.717) is 16.5 Å². The predicted octanol–water partition coefficient (Wildman–Crippen LogP) is 4.65. The van der Waals surface area contributed by atoms with Crippen LogP contribution in [-0.4, -0.2) is 22.5 Å². The molecule has 1 saturated heterocycles. The number of carbonyl (C=O) groups excluding carboxylic acids is 1. The highest BCUT2D eigenvalue weighted by Crippen LogP contribution is 2.48. The van der Waals surface area contributed by atoms with E-state index in [9.17, 15) is 4.79 Å². The van der Waals surface area contributed by atoms with Crippen LogP contribution in [0.2, 0.25) is 10.0 Å². The van der Waals surface area contributed by atoms with Crippen molar-refractivity contribution < 1.29 is 4.79 Å². The molecule has 1 aromatic rings. The molecule has 0 amide bonds. The summed E-state index contributed by atoms with van der Waals surface area (Å²) in [5, 5.41) is 1.38. The lowest BCUT2D eigenvalue weighted by Crippen LogP contribution is -2.28. The summed E-state index contributed by atoms with van der Waals surface area (Å²) >= 11 is 14.1. The molecule has 108 valence electrons. The number of benzene rings is 1. The van der Waals surface area contributed by atoms with Gasteiger partial charge in [0.05, 0.1) is 15.3 Å². The van der Waals surface area contributed by atoms with Gasteiger partial charge in [-0.1, -0.05) is 29.3 Å². The Labute approximate surface area is 137 Å². The zero-order valence-corrected chi connectivity index (χ0v) is 13.6. The van der Waals surface area contributed by atoms with E-state index in [2.05, 4.69) is 0 Å². The first kappa shape index (κ1) is 13.9. The number of hydrogen-bond donors (Lipinski definition) is 0. The molecule has 1 fully saturated rings. The third kappa shape index (κ3) is 2.18. The highest BCUT2D eigenvalue weighted by molar-refractivity contribution is 8.01. The van der Waals surface area contributed by atoms with Crippen molar-refractivity contribution in [2.24, 2.45) is 4.99 Å². The fourth-order valence-corrected chi connectivity index (χ4v) is 5.18. The molecule has 1 aromatic carbocycles. The quantitative estimate of drug-likeness (QED) is 0.746. The van der Waals surface area contributed by atoms with Gasteiger partial charge in [-0.15, -0.1) is 0 Å². The van der Waals surface area contributed by atoms with Crippen LogP contribution in [0, 0.1) is 0 Å². The van der Waals surface area contributed by atoms with E-state index < -0.39 is 0 Å². The average Bonchev–Trinajstić information content (AvgIpc) is 3.07. The summed E-state index contributed by atoms with van der Waals surface area (Å²) in [5.74, 6) is 1.41. The number of halogens is 2. The maximum atomic E-state index is 12.3. The SMILES string of the molecule is O=C1CCC2=C1C(c1ccc(Cl)c(Cl)c1)C1SCCC1=N2. The van der Waals surface area contributed by atoms with Crippen LogP contribution in [0.1, 0.15) is 30.7 Å². The highest BCUT2D eigenvalue weighted by Gasteiger charge is 2.43. The summed E-state index contributed by atoms with van der Waals surface area (Å²) in [5.41, 5.74) is 4.24. The van der Waals surface area contributed by atoms with Crippen molar-refractivity contribution in [2.75, 3.05) is 5.75 Å². The number of rotatable bonds is 1. The fourth-order valence-electron chi connectivity index (χ4n) is 3.44. The van der Waals surface area contributed by atoms with Gasteiger partial charge in [-0.2, -0.15) is 11.8 Å². The Morgan fingerprint density at radius 1 is 1.14 bits per heavy atom. The van der Waals surface area contributed by atoms with E-state index in [1.165, 1.54) is 5.71 Å². The van der Waals surface area contributed by atoms with Gasteiger partial charge in [-0.25, -0.2) is 0 Å². The van der Waals surface area contributed by atoms with Gasteiger partial charge in [-0.05, 0) is 36.3 Å². The number of carbonyl (C=O) groups is 1. The number of allylic oxidation sites excluding steroid dienone is 2. The topological polar surface area (TPSA) is 29.4 Å². The largest absolute Gasteiger partial charge is 0.294 e. The molecule has 21 heavy (non-hydrogen) atoms. The van der Waals surface area contributed by atoms with Crippen LogP contribution in [0.25, 0.3) is 0 Å². The summed E-state index contributed by atoms with van der Waals surface area (Å²) < 4.78 is 0. The van der Waals surface area contributed by atoms with E-state index in [1.54, 1.807) is 0 Å². The average molecular weight is 338 g/mol. The number of nitrogens with zero attached hydrogens (tertiary/aromatic N) is 1. The first-order chi connectivity index (χ1) is 10.1. The number of fused-ring (bicyclic) bond motifs is 1. The summed E-state index contributed by atoms with van der Waals surface area (Å²) in [4.78, 5) is 17.1. The van der Waals surface area contributed by atoms with Crippen molar-refractivity contribution in [3.63, 3.8) is 0 Å². The third-order valence-electron chi connectivity index (χ3n) is 4.38. The Hall–Kier alpha value is -0.770. The molecule has 4 rings (SSSR count). The van der Waals surface area contributed by atoms with E-state index in [0.717, 1.165) is 35.4 Å². The Morgan fingerprint density at radius 2 is 2.00 bits per heavy atom. The molecule has 0 spiro atoms. The molecule has 0 N–H and O–H groups in total. The maximum Gasteiger partial charge on any atom is 0.161 e. The van der Waals surface area contributed by atoms with Crippen LogP contribution in [-0.2, 0) is 4.79 Å². The van der Waals surface area contributed by atoms with Gasteiger partial charge in [0.15, 0.2) is 5.78 Å². The Kier molecular flexibility index (Phi) is 3.40. The van der Waals surface area contributed by atoms with Crippen LogP contribution in [0.3, 0.4) is 0 Å². The maximum absolute atomic E-state index is 12.3. The molecule has 0 aromatic heterocycles. The number of Topliss-reactive ketones (excluding diaryl/α,β-unsaturated/α-hetero) is 1. The van der Waals surface area contributed by atoms with Crippen LogP contribution in [0.15, 0.2) is 34.5 Å². The van der Waals surface area contributed by atoms with E-state index in [-0.39, 0.29) is 17.0 Å². The van der Waals surface area contributed by atoms with Gasteiger partial charge in [0.2, 0.25) is 0 Å². The zero-order valence-electron chi connectivity index (χ0n) is 11.2. The molecule has 0 bridgehead atoms. The molecule has 2 nitrogen and oxygen atoms in total. The molecule has 0 radical (unpaired) electrons. The Morgan fingerprint density at radius 3 is 2.81 bits per heavy atom. The van der Waals surface area contributed by atoms with Crippen molar-refractivity contribution in [3.8, 4) is 0 Å². The fraction of sp³-hybridized carbons (Fsp3) is 0.375. The van der Waals surface area contributed by atoms with Crippen molar-refractivity contribution in [2.45, 2.75) is 30.4 Å². The second-order valence-electron chi connectivity index (χ2n) is 5.58. The number of thioether (sulfide) groups is 1. The molecule has 2 heterocycles. The van der Waals surface area contributed by atoms with Crippen LogP contribution in [0.4, 0.5) is 0 Å². The van der Waals surface area contributed by atoms with Gasteiger partial charge in [-0.3, -0.25) is 9.79 Å². The summed E-state index contributed by atoms with van der Waals surface area (Å²) in [6, 6.07) is 5.73.